The maximum Gasteiger partial charge on any atom is 0.222 e. The van der Waals surface area contributed by atoms with Gasteiger partial charge in [-0.1, -0.05) is 0 Å². The lowest BCUT2D eigenvalue weighted by Crippen LogP contribution is -2.36. The molecule has 0 bridgehead atoms. The van der Waals surface area contributed by atoms with Crippen LogP contribution in [-0.4, -0.2) is 44.2 Å². The third-order valence-corrected chi connectivity index (χ3v) is 2.91. The summed E-state index contributed by atoms with van der Waals surface area (Å²) in [5.74, 6) is 0.838. The van der Waals surface area contributed by atoms with Crippen molar-refractivity contribution in [2.45, 2.75) is 31.8 Å². The van der Waals surface area contributed by atoms with Crippen LogP contribution in [0.15, 0.2) is 0 Å². The molecule has 1 saturated carbocycles. The maximum atomic E-state index is 11.2. The molecule has 0 aromatic heterocycles. The van der Waals surface area contributed by atoms with Crippen molar-refractivity contribution >= 4 is 5.91 Å². The van der Waals surface area contributed by atoms with Crippen molar-refractivity contribution in [3.05, 3.63) is 0 Å². The Kier molecular flexibility index (Phi) is 5.05. The van der Waals surface area contributed by atoms with Crippen LogP contribution in [0.1, 0.15) is 25.7 Å². The number of nitrogens with two attached hydrogens (primary N) is 1. The van der Waals surface area contributed by atoms with Crippen LogP contribution in [0.3, 0.4) is 0 Å². The van der Waals surface area contributed by atoms with Gasteiger partial charge in [0.05, 0.1) is 6.10 Å². The van der Waals surface area contributed by atoms with Crippen molar-refractivity contribution in [1.82, 2.24) is 4.90 Å². The van der Waals surface area contributed by atoms with Gasteiger partial charge in [-0.15, -0.1) is 0 Å². The monoisotopic (exact) mass is 214 g/mol. The first kappa shape index (κ1) is 12.5. The maximum absolute atomic E-state index is 11.2. The van der Waals surface area contributed by atoms with Gasteiger partial charge in [0.25, 0.3) is 0 Å². The molecule has 1 aliphatic carbocycles. The third-order valence-electron chi connectivity index (χ3n) is 2.91. The number of carbonyl (C=O) groups is 1. The average Bonchev–Trinajstić information content (AvgIpc) is 2.14. The fourth-order valence-electron chi connectivity index (χ4n) is 1.70. The summed E-state index contributed by atoms with van der Waals surface area (Å²) in [5, 5.41) is 0. The second-order valence-electron chi connectivity index (χ2n) is 4.46. The summed E-state index contributed by atoms with van der Waals surface area (Å²) in [6, 6.07) is 0. The molecule has 1 amide bonds. The van der Waals surface area contributed by atoms with Crippen molar-refractivity contribution in [3.8, 4) is 0 Å². The van der Waals surface area contributed by atoms with Crippen molar-refractivity contribution in [2.75, 3.05) is 27.2 Å². The van der Waals surface area contributed by atoms with Crippen LogP contribution in [0.5, 0.6) is 0 Å². The molecule has 2 N–H and O–H groups in total. The Morgan fingerprint density at radius 1 is 1.47 bits per heavy atom. The lowest BCUT2D eigenvalue weighted by molar-refractivity contribution is -0.129. The van der Waals surface area contributed by atoms with Crippen LogP contribution in [0.25, 0.3) is 0 Å². The van der Waals surface area contributed by atoms with Crippen molar-refractivity contribution in [3.63, 3.8) is 0 Å². The van der Waals surface area contributed by atoms with E-state index in [2.05, 4.69) is 0 Å². The van der Waals surface area contributed by atoms with Gasteiger partial charge in [-0.2, -0.15) is 0 Å². The predicted octanol–water partition coefficient (Wildman–Crippen LogP) is 0.609. The smallest absolute Gasteiger partial charge is 0.222 e. The summed E-state index contributed by atoms with van der Waals surface area (Å²) in [6.07, 6.45) is 3.99. The summed E-state index contributed by atoms with van der Waals surface area (Å²) in [6.45, 7) is 1.47. The molecule has 0 unspecified atom stereocenters. The second-order valence-corrected chi connectivity index (χ2v) is 4.46. The van der Waals surface area contributed by atoms with E-state index in [1.165, 1.54) is 0 Å². The highest BCUT2D eigenvalue weighted by molar-refractivity contribution is 5.75. The standard InChI is InChI=1S/C11H22N2O2/c1-13(2)11(14)4-3-5-15-10-6-9(7-10)8-12/h9-10H,3-8,12H2,1-2H3. The van der Waals surface area contributed by atoms with E-state index in [0.717, 1.165) is 25.8 Å². The summed E-state index contributed by atoms with van der Waals surface area (Å²) in [7, 11) is 3.56. The number of ether oxygens (including phenoxy) is 1. The molecule has 0 aliphatic heterocycles. The number of hydrogen-bond acceptors (Lipinski definition) is 3. The zero-order chi connectivity index (χ0) is 11.3. The molecule has 0 spiro atoms. The van der Waals surface area contributed by atoms with E-state index in [9.17, 15) is 4.79 Å². The first-order valence-electron chi connectivity index (χ1n) is 5.65. The molecule has 4 heteroatoms. The van der Waals surface area contributed by atoms with Crippen LogP contribution < -0.4 is 5.73 Å². The molecule has 1 aliphatic rings. The molecular weight excluding hydrogens is 192 g/mol. The number of carbonyl (C=O) groups excluding carboxylic acids is 1. The Bertz CT molecular complexity index is 201. The van der Waals surface area contributed by atoms with E-state index in [-0.39, 0.29) is 5.91 Å². The lowest BCUT2D eigenvalue weighted by Gasteiger charge is -2.34. The number of hydrogen-bond donors (Lipinski definition) is 1. The normalized spacial score (nSPS) is 24.7. The molecule has 0 aromatic carbocycles. The lowest BCUT2D eigenvalue weighted by atomic mass is 9.82. The molecule has 1 fully saturated rings. The van der Waals surface area contributed by atoms with Crippen molar-refractivity contribution < 1.29 is 9.53 Å². The van der Waals surface area contributed by atoms with Gasteiger partial charge in [-0.3, -0.25) is 4.79 Å². The fourth-order valence-corrected chi connectivity index (χ4v) is 1.70. The van der Waals surface area contributed by atoms with Crippen LogP contribution in [0.4, 0.5) is 0 Å². The first-order valence-corrected chi connectivity index (χ1v) is 5.65. The molecule has 4 nitrogen and oxygen atoms in total. The molecule has 0 atom stereocenters. The van der Waals surface area contributed by atoms with E-state index in [1.807, 2.05) is 0 Å². The van der Waals surface area contributed by atoms with Gasteiger partial charge in [-0.05, 0) is 31.7 Å². The first-order chi connectivity index (χ1) is 7.13. The fraction of sp³-hybridized carbons (Fsp3) is 0.909. The number of nitrogens with zero attached hydrogens (tertiary/aromatic N) is 1. The summed E-state index contributed by atoms with van der Waals surface area (Å²) < 4.78 is 5.61. The minimum absolute atomic E-state index is 0.173. The van der Waals surface area contributed by atoms with Gasteiger partial charge in [-0.25, -0.2) is 0 Å². The minimum atomic E-state index is 0.173. The van der Waals surface area contributed by atoms with Gasteiger partial charge < -0.3 is 15.4 Å². The number of rotatable bonds is 6. The molecule has 0 saturated heterocycles. The Balaban J connectivity index is 1.92. The Hall–Kier alpha value is -0.610. The van der Waals surface area contributed by atoms with E-state index in [0.29, 0.717) is 25.0 Å². The summed E-state index contributed by atoms with van der Waals surface area (Å²) in [4.78, 5) is 12.8. The zero-order valence-electron chi connectivity index (χ0n) is 9.74. The van der Waals surface area contributed by atoms with Gasteiger partial charge in [0, 0.05) is 27.1 Å². The highest BCUT2D eigenvalue weighted by Crippen LogP contribution is 2.28. The Labute approximate surface area is 91.8 Å². The van der Waals surface area contributed by atoms with Crippen molar-refractivity contribution in [2.24, 2.45) is 11.7 Å². The van der Waals surface area contributed by atoms with Gasteiger partial charge in [0.1, 0.15) is 0 Å². The highest BCUT2D eigenvalue weighted by atomic mass is 16.5. The molecule has 1 rings (SSSR count). The average molecular weight is 214 g/mol. The van der Waals surface area contributed by atoms with Gasteiger partial charge in [0.15, 0.2) is 0 Å². The topological polar surface area (TPSA) is 55.6 Å². The second kappa shape index (κ2) is 6.08. The van der Waals surface area contributed by atoms with Crippen LogP contribution in [0, 0.1) is 5.92 Å². The number of amides is 1. The molecule has 0 radical (unpaired) electrons. The van der Waals surface area contributed by atoms with Crippen LogP contribution in [-0.2, 0) is 9.53 Å². The van der Waals surface area contributed by atoms with Gasteiger partial charge in [0.2, 0.25) is 5.91 Å². The molecular formula is C11H22N2O2. The van der Waals surface area contributed by atoms with Crippen molar-refractivity contribution in [1.29, 1.82) is 0 Å². The third kappa shape index (κ3) is 4.18. The van der Waals surface area contributed by atoms with Crippen LogP contribution in [0.2, 0.25) is 0 Å². The van der Waals surface area contributed by atoms with E-state index >= 15 is 0 Å². The largest absolute Gasteiger partial charge is 0.378 e. The quantitative estimate of drug-likeness (QED) is 0.659. The molecule has 0 aromatic rings. The SMILES string of the molecule is CN(C)C(=O)CCCOC1CC(CN)C1. The zero-order valence-corrected chi connectivity index (χ0v) is 9.74. The predicted molar refractivity (Wildman–Crippen MR) is 59.4 cm³/mol. The Morgan fingerprint density at radius 3 is 2.67 bits per heavy atom. The minimum Gasteiger partial charge on any atom is -0.378 e. The van der Waals surface area contributed by atoms with E-state index in [1.54, 1.807) is 19.0 Å². The Morgan fingerprint density at radius 2 is 2.13 bits per heavy atom. The highest BCUT2D eigenvalue weighted by Gasteiger charge is 2.28. The van der Waals surface area contributed by atoms with E-state index < -0.39 is 0 Å². The molecule has 88 valence electrons. The molecule has 15 heavy (non-hydrogen) atoms. The summed E-state index contributed by atoms with van der Waals surface area (Å²) in [5.41, 5.74) is 5.52. The van der Waals surface area contributed by atoms with E-state index in [4.69, 9.17) is 10.5 Å². The van der Waals surface area contributed by atoms with Crippen LogP contribution >= 0.6 is 0 Å². The molecule has 0 heterocycles. The summed E-state index contributed by atoms with van der Waals surface area (Å²) >= 11 is 0. The van der Waals surface area contributed by atoms with Gasteiger partial charge >= 0.3 is 0 Å².